The Bertz CT molecular complexity index is 435. The number of carbonyl (C=O) groups is 2. The van der Waals surface area contributed by atoms with Gasteiger partial charge in [0, 0.05) is 19.0 Å². The van der Waals surface area contributed by atoms with Crippen LogP contribution >= 0.6 is 0 Å². The van der Waals surface area contributed by atoms with Crippen LogP contribution < -0.4 is 10.6 Å². The van der Waals surface area contributed by atoms with E-state index in [0.717, 1.165) is 6.42 Å². The van der Waals surface area contributed by atoms with Gasteiger partial charge in [-0.05, 0) is 25.7 Å². The van der Waals surface area contributed by atoms with E-state index < -0.39 is 15.8 Å². The highest BCUT2D eigenvalue weighted by Crippen LogP contribution is 2.11. The van der Waals surface area contributed by atoms with Gasteiger partial charge in [0.05, 0.1) is 11.5 Å². The zero-order valence-corrected chi connectivity index (χ0v) is 12.2. The van der Waals surface area contributed by atoms with Crippen LogP contribution in [0.25, 0.3) is 0 Å². The highest BCUT2D eigenvalue weighted by atomic mass is 32.2. The Morgan fingerprint density at radius 3 is 2.60 bits per heavy atom. The van der Waals surface area contributed by atoms with Crippen LogP contribution in [0.15, 0.2) is 0 Å². The number of aliphatic carboxylic acids is 1. The first kappa shape index (κ1) is 16.7. The summed E-state index contributed by atoms with van der Waals surface area (Å²) in [5.74, 6) is -0.593. The molecule has 8 heteroatoms. The molecule has 0 aromatic rings. The molecule has 116 valence electrons. The number of sulfone groups is 1. The zero-order valence-electron chi connectivity index (χ0n) is 11.4. The average Bonchev–Trinajstić information content (AvgIpc) is 2.32. The molecular weight excluding hydrogens is 284 g/mol. The second-order valence-electron chi connectivity index (χ2n) is 5.06. The van der Waals surface area contributed by atoms with Crippen molar-refractivity contribution in [2.75, 3.05) is 18.1 Å². The third-order valence-corrected chi connectivity index (χ3v) is 4.97. The van der Waals surface area contributed by atoms with Crippen LogP contribution in [0, 0.1) is 0 Å². The summed E-state index contributed by atoms with van der Waals surface area (Å²) >= 11 is 0. The van der Waals surface area contributed by atoms with E-state index in [2.05, 4.69) is 10.6 Å². The molecule has 1 aliphatic heterocycles. The lowest BCUT2D eigenvalue weighted by Crippen LogP contribution is -2.47. The average molecular weight is 306 g/mol. The third kappa shape index (κ3) is 7.32. The van der Waals surface area contributed by atoms with Crippen LogP contribution in [0.3, 0.4) is 0 Å². The Morgan fingerprint density at radius 1 is 1.20 bits per heavy atom. The van der Waals surface area contributed by atoms with Crippen LogP contribution in [-0.4, -0.2) is 49.6 Å². The molecule has 1 aliphatic rings. The number of hydrogen-bond donors (Lipinski definition) is 3. The molecule has 0 aromatic carbocycles. The summed E-state index contributed by atoms with van der Waals surface area (Å²) in [6, 6.07) is -0.661. The predicted octanol–water partition coefficient (Wildman–Crippen LogP) is 0.508. The van der Waals surface area contributed by atoms with Gasteiger partial charge in [-0.1, -0.05) is 6.42 Å². The number of nitrogens with one attached hydrogen (secondary N) is 2. The van der Waals surface area contributed by atoms with Crippen LogP contribution in [0.2, 0.25) is 0 Å². The molecule has 20 heavy (non-hydrogen) atoms. The van der Waals surface area contributed by atoms with Crippen molar-refractivity contribution in [2.45, 2.75) is 44.6 Å². The van der Waals surface area contributed by atoms with Gasteiger partial charge < -0.3 is 15.7 Å². The summed E-state index contributed by atoms with van der Waals surface area (Å²) < 4.78 is 22.8. The largest absolute Gasteiger partial charge is 0.481 e. The Kier molecular flexibility index (Phi) is 6.77. The number of carbonyl (C=O) groups excluding carboxylic acids is 1. The first-order valence-corrected chi connectivity index (χ1v) is 8.68. The van der Waals surface area contributed by atoms with Crippen molar-refractivity contribution in [3.63, 3.8) is 0 Å². The number of carboxylic acid groups (broad SMARTS) is 1. The van der Waals surface area contributed by atoms with E-state index in [9.17, 15) is 18.0 Å². The highest BCUT2D eigenvalue weighted by molar-refractivity contribution is 7.91. The standard InChI is InChI=1S/C12H22N2O5S/c15-11(16)6-2-1-3-7-13-12(17)14-10-5-4-8-20(18,19)9-10/h10H,1-9H2,(H,15,16)(H2,13,14,17). The molecule has 1 fully saturated rings. The summed E-state index contributed by atoms with van der Waals surface area (Å²) in [4.78, 5) is 21.8. The zero-order chi connectivity index (χ0) is 15.0. The number of hydrogen-bond acceptors (Lipinski definition) is 4. The van der Waals surface area contributed by atoms with Crippen molar-refractivity contribution in [1.82, 2.24) is 10.6 Å². The van der Waals surface area contributed by atoms with E-state index >= 15 is 0 Å². The minimum Gasteiger partial charge on any atom is -0.481 e. The van der Waals surface area contributed by atoms with Gasteiger partial charge in [-0.3, -0.25) is 4.79 Å². The molecule has 1 heterocycles. The van der Waals surface area contributed by atoms with E-state index in [1.54, 1.807) is 0 Å². The molecule has 0 radical (unpaired) electrons. The Hall–Kier alpha value is -1.31. The summed E-state index contributed by atoms with van der Waals surface area (Å²) in [5.41, 5.74) is 0. The molecule has 1 saturated heterocycles. The Morgan fingerprint density at radius 2 is 1.95 bits per heavy atom. The van der Waals surface area contributed by atoms with Gasteiger partial charge in [-0.2, -0.15) is 0 Å². The molecule has 0 aromatic heterocycles. The van der Waals surface area contributed by atoms with Crippen LogP contribution in [0.5, 0.6) is 0 Å². The molecule has 1 rings (SSSR count). The Balaban J connectivity index is 2.10. The molecule has 1 atom stereocenters. The first-order valence-electron chi connectivity index (χ1n) is 6.85. The smallest absolute Gasteiger partial charge is 0.315 e. The highest BCUT2D eigenvalue weighted by Gasteiger charge is 2.25. The summed E-state index contributed by atoms with van der Waals surface area (Å²) in [6.07, 6.45) is 3.47. The van der Waals surface area contributed by atoms with Gasteiger partial charge in [0.1, 0.15) is 0 Å². The molecule has 3 N–H and O–H groups in total. The lowest BCUT2D eigenvalue weighted by molar-refractivity contribution is -0.137. The van der Waals surface area contributed by atoms with E-state index in [4.69, 9.17) is 5.11 Å². The molecule has 0 bridgehead atoms. The maximum absolute atomic E-state index is 11.6. The summed E-state index contributed by atoms with van der Waals surface area (Å²) in [5, 5.41) is 13.8. The summed E-state index contributed by atoms with van der Waals surface area (Å²) in [6.45, 7) is 0.463. The maximum Gasteiger partial charge on any atom is 0.315 e. The lowest BCUT2D eigenvalue weighted by atomic mass is 10.2. The maximum atomic E-state index is 11.6. The van der Waals surface area contributed by atoms with Crippen LogP contribution in [-0.2, 0) is 14.6 Å². The van der Waals surface area contributed by atoms with E-state index in [1.165, 1.54) is 0 Å². The minimum absolute atomic E-state index is 0.0129. The molecule has 0 saturated carbocycles. The fraction of sp³-hybridized carbons (Fsp3) is 0.833. The second kappa shape index (κ2) is 8.08. The molecule has 0 aliphatic carbocycles. The van der Waals surface area contributed by atoms with Gasteiger partial charge in [-0.15, -0.1) is 0 Å². The van der Waals surface area contributed by atoms with Gasteiger partial charge >= 0.3 is 12.0 Å². The molecular formula is C12H22N2O5S. The number of urea groups is 1. The number of carboxylic acids is 1. The SMILES string of the molecule is O=C(O)CCCCCNC(=O)NC1CCCS(=O)(=O)C1. The van der Waals surface area contributed by atoms with Crippen LogP contribution in [0.1, 0.15) is 38.5 Å². The monoisotopic (exact) mass is 306 g/mol. The molecule has 0 spiro atoms. The predicted molar refractivity (Wildman–Crippen MR) is 74.3 cm³/mol. The molecule has 1 unspecified atom stereocenters. The van der Waals surface area contributed by atoms with Gasteiger partial charge in [0.2, 0.25) is 0 Å². The van der Waals surface area contributed by atoms with E-state index in [0.29, 0.717) is 32.2 Å². The topological polar surface area (TPSA) is 113 Å². The summed E-state index contributed by atoms with van der Waals surface area (Å²) in [7, 11) is -3.02. The second-order valence-corrected chi connectivity index (χ2v) is 7.29. The van der Waals surface area contributed by atoms with Crippen molar-refractivity contribution >= 4 is 21.8 Å². The fourth-order valence-electron chi connectivity index (χ4n) is 2.15. The number of amides is 2. The normalized spacial score (nSPS) is 21.1. The van der Waals surface area contributed by atoms with Crippen molar-refractivity contribution in [3.8, 4) is 0 Å². The van der Waals surface area contributed by atoms with Crippen molar-refractivity contribution in [1.29, 1.82) is 0 Å². The van der Waals surface area contributed by atoms with E-state index in [-0.39, 0.29) is 30.0 Å². The molecule has 2 amide bonds. The van der Waals surface area contributed by atoms with Gasteiger partial charge in [0.25, 0.3) is 0 Å². The van der Waals surface area contributed by atoms with Gasteiger partial charge in [0.15, 0.2) is 9.84 Å². The number of rotatable bonds is 7. The third-order valence-electron chi connectivity index (χ3n) is 3.15. The Labute approximate surface area is 119 Å². The minimum atomic E-state index is -3.02. The first-order chi connectivity index (χ1) is 9.39. The lowest BCUT2D eigenvalue weighted by Gasteiger charge is -2.23. The van der Waals surface area contributed by atoms with Crippen molar-refractivity contribution in [2.24, 2.45) is 0 Å². The van der Waals surface area contributed by atoms with Crippen molar-refractivity contribution in [3.05, 3.63) is 0 Å². The quantitative estimate of drug-likeness (QED) is 0.593. The fourth-order valence-corrected chi connectivity index (χ4v) is 3.79. The van der Waals surface area contributed by atoms with Crippen molar-refractivity contribution < 1.29 is 23.1 Å². The van der Waals surface area contributed by atoms with E-state index in [1.807, 2.05) is 0 Å². The molecule has 7 nitrogen and oxygen atoms in total. The number of unbranched alkanes of at least 4 members (excludes halogenated alkanes) is 2. The van der Waals surface area contributed by atoms with Gasteiger partial charge in [-0.25, -0.2) is 13.2 Å². The van der Waals surface area contributed by atoms with Crippen LogP contribution in [0.4, 0.5) is 4.79 Å².